The van der Waals surface area contributed by atoms with Gasteiger partial charge in [-0.2, -0.15) is 0 Å². The molecule has 0 saturated heterocycles. The van der Waals surface area contributed by atoms with Crippen LogP contribution in [0.4, 0.5) is 4.39 Å². The lowest BCUT2D eigenvalue weighted by molar-refractivity contribution is 0.105. The highest BCUT2D eigenvalue weighted by Crippen LogP contribution is 2.17. The first kappa shape index (κ1) is 11.2. The van der Waals surface area contributed by atoms with Crippen LogP contribution in [0.1, 0.15) is 15.9 Å². The Labute approximate surface area is 98.4 Å². The Hall–Kier alpha value is -2.29. The summed E-state index contributed by atoms with van der Waals surface area (Å²) >= 11 is 0. The summed E-state index contributed by atoms with van der Waals surface area (Å²) in [5.41, 5.74) is 1.52. The second-order valence-corrected chi connectivity index (χ2v) is 3.55. The van der Waals surface area contributed by atoms with E-state index >= 15 is 0 Å². The largest absolute Gasteiger partial charge is 0.289 e. The summed E-state index contributed by atoms with van der Waals surface area (Å²) in [7, 11) is 0. The van der Waals surface area contributed by atoms with Crippen LogP contribution in [0.15, 0.2) is 55.4 Å². The van der Waals surface area contributed by atoms with Crippen molar-refractivity contribution in [1.82, 2.24) is 4.98 Å². The van der Waals surface area contributed by atoms with Gasteiger partial charge in [0.1, 0.15) is 5.82 Å². The molecular formula is C14H10FNO. The Balaban J connectivity index is 2.27. The third-order valence-corrected chi connectivity index (χ3v) is 2.41. The first-order chi connectivity index (χ1) is 8.18. The highest BCUT2D eigenvalue weighted by Gasteiger charge is 2.11. The van der Waals surface area contributed by atoms with Crippen LogP contribution in [-0.2, 0) is 0 Å². The third kappa shape index (κ3) is 2.45. The molecule has 1 aromatic carbocycles. The van der Waals surface area contributed by atoms with Gasteiger partial charge in [0.15, 0.2) is 5.78 Å². The van der Waals surface area contributed by atoms with Gasteiger partial charge in [-0.25, -0.2) is 4.39 Å². The minimum absolute atomic E-state index is 0.212. The lowest BCUT2D eigenvalue weighted by Crippen LogP contribution is -2.01. The van der Waals surface area contributed by atoms with E-state index in [-0.39, 0.29) is 11.6 Å². The maximum absolute atomic E-state index is 12.7. The number of ketones is 1. The monoisotopic (exact) mass is 227 g/mol. The van der Waals surface area contributed by atoms with Crippen molar-refractivity contribution >= 4 is 11.4 Å². The summed E-state index contributed by atoms with van der Waals surface area (Å²) in [6.45, 7) is 3.75. The zero-order chi connectivity index (χ0) is 12.3. The Bertz CT molecular complexity index is 546. The van der Waals surface area contributed by atoms with Crippen molar-refractivity contribution in [3.05, 3.63) is 72.3 Å². The van der Waals surface area contributed by atoms with Crippen molar-refractivity contribution in [3.63, 3.8) is 0 Å². The predicted octanol–water partition coefficient (Wildman–Crippen LogP) is 3.12. The van der Waals surface area contributed by atoms with Crippen molar-refractivity contribution in [1.29, 1.82) is 0 Å². The van der Waals surface area contributed by atoms with E-state index in [1.165, 1.54) is 24.3 Å². The maximum atomic E-state index is 12.7. The number of carbonyl (C=O) groups excluding carboxylic acids is 1. The van der Waals surface area contributed by atoms with Gasteiger partial charge in [0.25, 0.3) is 0 Å². The topological polar surface area (TPSA) is 30.0 Å². The van der Waals surface area contributed by atoms with Crippen LogP contribution in [0.2, 0.25) is 0 Å². The molecule has 0 aliphatic carbocycles. The molecule has 0 bridgehead atoms. The van der Waals surface area contributed by atoms with E-state index in [0.29, 0.717) is 16.7 Å². The van der Waals surface area contributed by atoms with Gasteiger partial charge >= 0.3 is 0 Å². The highest BCUT2D eigenvalue weighted by atomic mass is 19.1. The Morgan fingerprint density at radius 2 is 1.59 bits per heavy atom. The fourth-order valence-electron chi connectivity index (χ4n) is 1.46. The Morgan fingerprint density at radius 3 is 2.18 bits per heavy atom. The number of pyridine rings is 1. The average Bonchev–Trinajstić information content (AvgIpc) is 2.39. The smallest absolute Gasteiger partial charge is 0.193 e. The van der Waals surface area contributed by atoms with Crippen LogP contribution in [0.5, 0.6) is 0 Å². The molecule has 0 amide bonds. The molecule has 1 heterocycles. The van der Waals surface area contributed by atoms with E-state index < -0.39 is 0 Å². The number of Topliss-reactive ketones (excluding diaryl/α,β-unsaturated/α-hetero) is 1. The van der Waals surface area contributed by atoms with Gasteiger partial charge in [0.05, 0.1) is 0 Å². The molecule has 17 heavy (non-hydrogen) atoms. The molecule has 0 aliphatic rings. The number of benzene rings is 1. The molecule has 0 unspecified atom stereocenters. The number of nitrogens with zero attached hydrogens (tertiary/aromatic N) is 1. The van der Waals surface area contributed by atoms with Crippen LogP contribution in [0.25, 0.3) is 5.57 Å². The van der Waals surface area contributed by atoms with E-state index in [4.69, 9.17) is 0 Å². The number of allylic oxidation sites excluding steroid dienone is 1. The van der Waals surface area contributed by atoms with Gasteiger partial charge in [-0.15, -0.1) is 0 Å². The minimum atomic E-state index is -0.365. The minimum Gasteiger partial charge on any atom is -0.289 e. The second-order valence-electron chi connectivity index (χ2n) is 3.55. The normalized spacial score (nSPS) is 9.94. The lowest BCUT2D eigenvalue weighted by Gasteiger charge is -2.04. The number of carbonyl (C=O) groups is 1. The van der Waals surface area contributed by atoms with Crippen LogP contribution in [0.3, 0.4) is 0 Å². The molecule has 2 aromatic rings. The molecule has 0 fully saturated rings. The number of rotatable bonds is 3. The molecule has 2 rings (SSSR count). The summed E-state index contributed by atoms with van der Waals surface area (Å²) in [5.74, 6) is -0.577. The Kier molecular flexibility index (Phi) is 3.10. The third-order valence-electron chi connectivity index (χ3n) is 2.41. The van der Waals surface area contributed by atoms with Gasteiger partial charge < -0.3 is 0 Å². The van der Waals surface area contributed by atoms with E-state index in [1.807, 2.05) is 0 Å². The van der Waals surface area contributed by atoms with Crippen molar-refractivity contribution in [2.75, 3.05) is 0 Å². The number of aromatic nitrogens is 1. The predicted molar refractivity (Wildman–Crippen MR) is 64.0 cm³/mol. The van der Waals surface area contributed by atoms with Crippen molar-refractivity contribution in [3.8, 4) is 0 Å². The fourth-order valence-corrected chi connectivity index (χ4v) is 1.46. The van der Waals surface area contributed by atoms with Gasteiger partial charge in [-0.1, -0.05) is 6.58 Å². The second kappa shape index (κ2) is 4.70. The maximum Gasteiger partial charge on any atom is 0.193 e. The van der Waals surface area contributed by atoms with E-state index in [2.05, 4.69) is 11.6 Å². The number of hydrogen-bond acceptors (Lipinski definition) is 2. The van der Waals surface area contributed by atoms with E-state index in [0.717, 1.165) is 0 Å². The molecule has 0 spiro atoms. The molecule has 0 radical (unpaired) electrons. The molecule has 1 aromatic heterocycles. The van der Waals surface area contributed by atoms with E-state index in [9.17, 15) is 9.18 Å². The number of hydrogen-bond donors (Lipinski definition) is 0. The van der Waals surface area contributed by atoms with Crippen LogP contribution in [-0.4, -0.2) is 10.8 Å². The quantitative estimate of drug-likeness (QED) is 0.595. The molecule has 0 saturated carbocycles. The van der Waals surface area contributed by atoms with E-state index in [1.54, 1.807) is 24.5 Å². The first-order valence-corrected chi connectivity index (χ1v) is 5.08. The standard InChI is InChI=1S/C14H10FNO/c1-10(11-6-8-16-9-7-11)14(17)12-2-4-13(15)5-3-12/h2-9H,1H2. The SMILES string of the molecule is C=C(C(=O)c1ccc(F)cc1)c1ccncc1. The summed E-state index contributed by atoms with van der Waals surface area (Å²) in [6, 6.07) is 8.84. The average molecular weight is 227 g/mol. The van der Waals surface area contributed by atoms with Gasteiger partial charge in [-0.05, 0) is 42.0 Å². The molecular weight excluding hydrogens is 217 g/mol. The van der Waals surface area contributed by atoms with Crippen LogP contribution < -0.4 is 0 Å². The van der Waals surface area contributed by atoms with Crippen LogP contribution in [0, 0.1) is 5.82 Å². The molecule has 0 N–H and O–H groups in total. The summed E-state index contributed by atoms with van der Waals surface area (Å²) in [4.78, 5) is 15.9. The van der Waals surface area contributed by atoms with Crippen molar-refractivity contribution in [2.24, 2.45) is 0 Å². The molecule has 84 valence electrons. The van der Waals surface area contributed by atoms with Gasteiger partial charge in [0, 0.05) is 23.5 Å². The number of halogens is 1. The van der Waals surface area contributed by atoms with Gasteiger partial charge in [-0.3, -0.25) is 9.78 Å². The highest BCUT2D eigenvalue weighted by molar-refractivity contribution is 6.28. The zero-order valence-corrected chi connectivity index (χ0v) is 9.06. The summed E-state index contributed by atoms with van der Waals surface area (Å²) in [5, 5.41) is 0. The molecule has 3 heteroatoms. The van der Waals surface area contributed by atoms with Crippen LogP contribution >= 0.6 is 0 Å². The molecule has 0 atom stereocenters. The Morgan fingerprint density at radius 1 is 1.00 bits per heavy atom. The van der Waals surface area contributed by atoms with Crippen molar-refractivity contribution in [2.45, 2.75) is 0 Å². The van der Waals surface area contributed by atoms with Crippen molar-refractivity contribution < 1.29 is 9.18 Å². The molecule has 2 nitrogen and oxygen atoms in total. The van der Waals surface area contributed by atoms with Gasteiger partial charge in [0.2, 0.25) is 0 Å². The lowest BCUT2D eigenvalue weighted by atomic mass is 9.99. The summed E-state index contributed by atoms with van der Waals surface area (Å²) in [6.07, 6.45) is 3.19. The zero-order valence-electron chi connectivity index (χ0n) is 9.06. The molecule has 0 aliphatic heterocycles. The fraction of sp³-hybridized carbons (Fsp3) is 0. The summed E-state index contributed by atoms with van der Waals surface area (Å²) < 4.78 is 12.7. The first-order valence-electron chi connectivity index (χ1n) is 5.08.